The van der Waals surface area contributed by atoms with E-state index in [2.05, 4.69) is 10.3 Å². The standard InChI is InChI=1S/C14H21N3O2/c1-14(2,9-18)8-17-13(19)12(16-3)10-6-4-5-7-11(10)15/h4-7,18H,8-9,15H2,1-3H3,(H,17,19). The molecule has 19 heavy (non-hydrogen) atoms. The summed E-state index contributed by atoms with van der Waals surface area (Å²) in [5, 5.41) is 11.9. The van der Waals surface area contributed by atoms with Gasteiger partial charge in [-0.3, -0.25) is 9.79 Å². The third-order valence-electron chi connectivity index (χ3n) is 2.81. The number of nitrogen functional groups attached to an aromatic ring is 1. The molecule has 0 unspecified atom stereocenters. The van der Waals surface area contributed by atoms with Crippen LogP contribution in [0, 0.1) is 5.41 Å². The first-order chi connectivity index (χ1) is 8.91. The van der Waals surface area contributed by atoms with Crippen LogP contribution >= 0.6 is 0 Å². The molecular weight excluding hydrogens is 242 g/mol. The first-order valence-electron chi connectivity index (χ1n) is 6.12. The minimum absolute atomic E-state index is 0.000638. The lowest BCUT2D eigenvalue weighted by Crippen LogP contribution is -2.40. The average molecular weight is 263 g/mol. The van der Waals surface area contributed by atoms with Crippen molar-refractivity contribution in [2.45, 2.75) is 13.8 Å². The quantitative estimate of drug-likeness (QED) is 0.543. The zero-order valence-electron chi connectivity index (χ0n) is 11.6. The Bertz CT molecular complexity index is 481. The molecule has 0 aliphatic rings. The van der Waals surface area contributed by atoms with Gasteiger partial charge in [-0.25, -0.2) is 0 Å². The molecule has 104 valence electrons. The Kier molecular flexibility index (Phi) is 5.06. The first kappa shape index (κ1) is 15.2. The van der Waals surface area contributed by atoms with Crippen LogP contribution < -0.4 is 11.1 Å². The smallest absolute Gasteiger partial charge is 0.270 e. The fourth-order valence-electron chi connectivity index (χ4n) is 1.52. The molecule has 5 heteroatoms. The van der Waals surface area contributed by atoms with Crippen molar-refractivity contribution >= 4 is 17.3 Å². The van der Waals surface area contributed by atoms with E-state index in [4.69, 9.17) is 10.8 Å². The molecule has 1 aromatic rings. The van der Waals surface area contributed by atoms with Crippen molar-refractivity contribution in [1.29, 1.82) is 0 Å². The molecule has 1 rings (SSSR count). The van der Waals surface area contributed by atoms with E-state index in [1.807, 2.05) is 19.9 Å². The Hall–Kier alpha value is -1.88. The van der Waals surface area contributed by atoms with E-state index >= 15 is 0 Å². The van der Waals surface area contributed by atoms with Gasteiger partial charge in [0.2, 0.25) is 0 Å². The van der Waals surface area contributed by atoms with Gasteiger partial charge in [-0.05, 0) is 6.07 Å². The van der Waals surface area contributed by atoms with Crippen molar-refractivity contribution in [3.05, 3.63) is 29.8 Å². The number of hydrogen-bond acceptors (Lipinski definition) is 4. The van der Waals surface area contributed by atoms with Gasteiger partial charge in [0.25, 0.3) is 5.91 Å². The van der Waals surface area contributed by atoms with Gasteiger partial charge < -0.3 is 16.2 Å². The summed E-state index contributed by atoms with van der Waals surface area (Å²) in [4.78, 5) is 16.1. The topological polar surface area (TPSA) is 87.7 Å². The van der Waals surface area contributed by atoms with Gasteiger partial charge in [0.05, 0.1) is 0 Å². The van der Waals surface area contributed by atoms with Crippen molar-refractivity contribution in [2.24, 2.45) is 10.4 Å². The fraction of sp³-hybridized carbons (Fsp3) is 0.429. The number of aliphatic imine (C=N–C) groups is 1. The number of carbonyl (C=O) groups excluding carboxylic acids is 1. The summed E-state index contributed by atoms with van der Waals surface area (Å²) in [5.41, 5.74) is 6.90. The van der Waals surface area contributed by atoms with E-state index in [1.165, 1.54) is 0 Å². The maximum Gasteiger partial charge on any atom is 0.270 e. The summed E-state index contributed by atoms with van der Waals surface area (Å²) in [5.74, 6) is -0.290. The lowest BCUT2D eigenvalue weighted by molar-refractivity contribution is -0.115. The van der Waals surface area contributed by atoms with E-state index in [1.54, 1.807) is 25.2 Å². The highest BCUT2D eigenvalue weighted by atomic mass is 16.3. The molecule has 0 aliphatic carbocycles. The van der Waals surface area contributed by atoms with Crippen LogP contribution in [-0.2, 0) is 4.79 Å². The molecule has 0 atom stereocenters. The van der Waals surface area contributed by atoms with E-state index in [9.17, 15) is 4.79 Å². The van der Waals surface area contributed by atoms with Crippen LogP contribution in [-0.4, -0.2) is 36.9 Å². The van der Waals surface area contributed by atoms with E-state index in [-0.39, 0.29) is 17.9 Å². The van der Waals surface area contributed by atoms with Crippen LogP contribution in [0.3, 0.4) is 0 Å². The predicted octanol–water partition coefficient (Wildman–Crippen LogP) is 0.822. The van der Waals surface area contributed by atoms with Gasteiger partial charge in [0.15, 0.2) is 0 Å². The van der Waals surface area contributed by atoms with Crippen molar-refractivity contribution in [2.75, 3.05) is 25.9 Å². The number of carbonyl (C=O) groups is 1. The molecule has 0 fully saturated rings. The number of para-hydroxylation sites is 1. The molecule has 0 radical (unpaired) electrons. The lowest BCUT2D eigenvalue weighted by Gasteiger charge is -2.22. The summed E-state index contributed by atoms with van der Waals surface area (Å²) in [6, 6.07) is 7.10. The maximum absolute atomic E-state index is 12.1. The molecule has 0 saturated heterocycles. The molecule has 0 bridgehead atoms. The second kappa shape index (κ2) is 6.33. The van der Waals surface area contributed by atoms with Gasteiger partial charge in [-0.2, -0.15) is 0 Å². The Balaban J connectivity index is 2.83. The summed E-state index contributed by atoms with van der Waals surface area (Å²) in [7, 11) is 1.55. The van der Waals surface area contributed by atoms with Gasteiger partial charge in [0.1, 0.15) is 5.71 Å². The Morgan fingerprint density at radius 2 is 2.05 bits per heavy atom. The largest absolute Gasteiger partial charge is 0.398 e. The summed E-state index contributed by atoms with van der Waals surface area (Å²) < 4.78 is 0. The number of nitrogens with zero attached hydrogens (tertiary/aromatic N) is 1. The monoisotopic (exact) mass is 263 g/mol. The lowest BCUT2D eigenvalue weighted by atomic mass is 9.95. The number of hydrogen-bond donors (Lipinski definition) is 3. The second-order valence-electron chi connectivity index (χ2n) is 5.16. The SMILES string of the molecule is CN=C(C(=O)NCC(C)(C)CO)c1ccccc1N. The first-order valence-corrected chi connectivity index (χ1v) is 6.12. The van der Waals surface area contributed by atoms with Crippen molar-refractivity contribution in [3.63, 3.8) is 0 Å². The highest BCUT2D eigenvalue weighted by Crippen LogP contribution is 2.14. The summed E-state index contributed by atoms with van der Waals surface area (Å²) in [6.07, 6.45) is 0. The van der Waals surface area contributed by atoms with E-state index in [0.29, 0.717) is 23.5 Å². The molecule has 0 aliphatic heterocycles. The highest BCUT2D eigenvalue weighted by Gasteiger charge is 2.20. The zero-order valence-corrected chi connectivity index (χ0v) is 11.6. The summed E-state index contributed by atoms with van der Waals surface area (Å²) >= 11 is 0. The van der Waals surface area contributed by atoms with E-state index in [0.717, 1.165) is 0 Å². The van der Waals surface area contributed by atoms with Crippen molar-refractivity contribution in [1.82, 2.24) is 5.32 Å². The molecule has 4 N–H and O–H groups in total. The molecule has 0 saturated carbocycles. The van der Waals surface area contributed by atoms with Gasteiger partial charge in [-0.15, -0.1) is 0 Å². The molecule has 1 aromatic carbocycles. The van der Waals surface area contributed by atoms with Gasteiger partial charge in [-0.1, -0.05) is 32.0 Å². The van der Waals surface area contributed by atoms with Gasteiger partial charge >= 0.3 is 0 Å². The number of aliphatic hydroxyl groups is 1. The van der Waals surface area contributed by atoms with Crippen molar-refractivity contribution in [3.8, 4) is 0 Å². The molecule has 0 heterocycles. The minimum Gasteiger partial charge on any atom is -0.398 e. The maximum atomic E-state index is 12.1. The number of nitrogens with two attached hydrogens (primary N) is 1. The van der Waals surface area contributed by atoms with Crippen LogP contribution in [0.2, 0.25) is 0 Å². The molecule has 1 amide bonds. The van der Waals surface area contributed by atoms with E-state index < -0.39 is 0 Å². The molecule has 0 spiro atoms. The Morgan fingerprint density at radius 3 is 2.58 bits per heavy atom. The Morgan fingerprint density at radius 1 is 1.42 bits per heavy atom. The highest BCUT2D eigenvalue weighted by molar-refractivity contribution is 6.46. The average Bonchev–Trinajstić information content (AvgIpc) is 2.39. The fourth-order valence-corrected chi connectivity index (χ4v) is 1.52. The minimum atomic E-state index is -0.364. The third kappa shape index (κ3) is 4.06. The zero-order chi connectivity index (χ0) is 14.5. The van der Waals surface area contributed by atoms with Crippen LogP contribution in [0.25, 0.3) is 0 Å². The number of nitrogens with one attached hydrogen (secondary N) is 1. The van der Waals surface area contributed by atoms with Crippen LogP contribution in [0.4, 0.5) is 5.69 Å². The summed E-state index contributed by atoms with van der Waals surface area (Å²) in [6.45, 7) is 4.10. The number of rotatable bonds is 5. The number of amides is 1. The van der Waals surface area contributed by atoms with Gasteiger partial charge in [0, 0.05) is 36.9 Å². The van der Waals surface area contributed by atoms with Crippen LogP contribution in [0.5, 0.6) is 0 Å². The third-order valence-corrected chi connectivity index (χ3v) is 2.81. The number of aliphatic hydroxyl groups excluding tert-OH is 1. The van der Waals surface area contributed by atoms with Crippen LogP contribution in [0.1, 0.15) is 19.4 Å². The predicted molar refractivity (Wildman–Crippen MR) is 77.2 cm³/mol. The molecular formula is C14H21N3O2. The number of anilines is 1. The normalized spacial score (nSPS) is 12.3. The molecule has 5 nitrogen and oxygen atoms in total. The molecule has 0 aromatic heterocycles. The van der Waals surface area contributed by atoms with Crippen molar-refractivity contribution < 1.29 is 9.90 Å². The Labute approximate surface area is 113 Å². The van der Waals surface area contributed by atoms with Crippen LogP contribution in [0.15, 0.2) is 29.3 Å². The second-order valence-corrected chi connectivity index (χ2v) is 5.16. The number of benzene rings is 1.